The van der Waals surface area contributed by atoms with E-state index in [9.17, 15) is 9.18 Å². The maximum absolute atomic E-state index is 13.5. The first-order chi connectivity index (χ1) is 7.59. The minimum Gasteiger partial charge on any atom is -0.316 e. The van der Waals surface area contributed by atoms with Gasteiger partial charge in [0.15, 0.2) is 5.78 Å². The van der Waals surface area contributed by atoms with Gasteiger partial charge in [0.05, 0.1) is 5.56 Å². The fraction of sp³-hybridized carbons (Fsp3) is 0.417. The topological polar surface area (TPSA) is 29.1 Å². The number of rotatable bonds is 3. The third kappa shape index (κ3) is 2.11. The molecule has 1 heterocycles. The summed E-state index contributed by atoms with van der Waals surface area (Å²) in [4.78, 5) is 12.0. The van der Waals surface area contributed by atoms with Crippen molar-refractivity contribution in [3.05, 3.63) is 34.6 Å². The minimum atomic E-state index is -0.531. The molecule has 1 atom stereocenters. The zero-order valence-corrected chi connectivity index (χ0v) is 9.72. The van der Waals surface area contributed by atoms with Gasteiger partial charge in [0.25, 0.3) is 0 Å². The molecule has 1 aromatic carbocycles. The molecule has 0 saturated carbocycles. The number of carbonyl (C=O) groups is 1. The third-order valence-electron chi connectivity index (χ3n) is 3.13. The largest absolute Gasteiger partial charge is 0.316 e. The van der Waals surface area contributed by atoms with Crippen molar-refractivity contribution in [3.63, 3.8) is 0 Å². The highest BCUT2D eigenvalue weighted by Crippen LogP contribution is 2.23. The summed E-state index contributed by atoms with van der Waals surface area (Å²) in [6.45, 7) is 3.52. The molecule has 16 heavy (non-hydrogen) atoms. The number of benzene rings is 1. The van der Waals surface area contributed by atoms with Gasteiger partial charge in [0, 0.05) is 10.9 Å². The van der Waals surface area contributed by atoms with Crippen LogP contribution in [-0.2, 0) is 0 Å². The van der Waals surface area contributed by atoms with E-state index >= 15 is 0 Å². The smallest absolute Gasteiger partial charge is 0.168 e. The van der Waals surface area contributed by atoms with Gasteiger partial charge < -0.3 is 5.32 Å². The average molecular weight is 242 g/mol. The molecule has 0 aromatic heterocycles. The van der Waals surface area contributed by atoms with Crippen molar-refractivity contribution >= 4 is 17.4 Å². The third-order valence-corrected chi connectivity index (χ3v) is 3.37. The maximum Gasteiger partial charge on any atom is 0.168 e. The Balaban J connectivity index is 2.19. The highest BCUT2D eigenvalue weighted by molar-refractivity contribution is 6.30. The molecular weight excluding hydrogens is 229 g/mol. The molecule has 1 aliphatic rings. The van der Waals surface area contributed by atoms with Crippen LogP contribution >= 0.6 is 11.6 Å². The number of halogens is 2. The average Bonchev–Trinajstić information content (AvgIpc) is 2.14. The van der Waals surface area contributed by atoms with Crippen molar-refractivity contribution in [1.29, 1.82) is 0 Å². The lowest BCUT2D eigenvalue weighted by molar-refractivity contribution is 0.0849. The van der Waals surface area contributed by atoms with Crippen molar-refractivity contribution in [3.8, 4) is 0 Å². The monoisotopic (exact) mass is 241 g/mol. The van der Waals surface area contributed by atoms with Gasteiger partial charge in [-0.3, -0.25) is 4.79 Å². The second kappa shape index (κ2) is 4.52. The van der Waals surface area contributed by atoms with Crippen LogP contribution in [0, 0.1) is 17.7 Å². The fourth-order valence-corrected chi connectivity index (χ4v) is 1.97. The standard InChI is InChI=1S/C12H13ClFNO/c1-7(8-5-15-6-8)12(16)10-3-2-9(13)4-11(10)14/h2-4,7-8,15H,5-6H2,1H3. The van der Waals surface area contributed by atoms with Crippen LogP contribution in [0.15, 0.2) is 18.2 Å². The molecule has 0 radical (unpaired) electrons. The van der Waals surface area contributed by atoms with E-state index in [1.165, 1.54) is 12.1 Å². The number of carbonyl (C=O) groups excluding carboxylic acids is 1. The Morgan fingerprint density at radius 1 is 1.56 bits per heavy atom. The molecule has 4 heteroatoms. The van der Waals surface area contributed by atoms with Crippen LogP contribution < -0.4 is 5.32 Å². The summed E-state index contributed by atoms with van der Waals surface area (Å²) in [5.41, 5.74) is 0.142. The van der Waals surface area contributed by atoms with E-state index in [-0.39, 0.29) is 17.3 Å². The van der Waals surface area contributed by atoms with Gasteiger partial charge in [-0.15, -0.1) is 0 Å². The van der Waals surface area contributed by atoms with E-state index < -0.39 is 5.82 Å². The van der Waals surface area contributed by atoms with E-state index in [0.29, 0.717) is 10.9 Å². The SMILES string of the molecule is CC(C(=O)c1ccc(Cl)cc1F)C1CNC1. The molecule has 1 N–H and O–H groups in total. The quantitative estimate of drug-likeness (QED) is 0.824. The predicted octanol–water partition coefficient (Wildman–Crippen LogP) is 2.52. The number of hydrogen-bond donors (Lipinski definition) is 1. The molecule has 2 nitrogen and oxygen atoms in total. The van der Waals surface area contributed by atoms with Crippen molar-refractivity contribution in [2.24, 2.45) is 11.8 Å². The minimum absolute atomic E-state index is 0.138. The van der Waals surface area contributed by atoms with Crippen LogP contribution in [0.3, 0.4) is 0 Å². The molecular formula is C12H13ClFNO. The lowest BCUT2D eigenvalue weighted by atomic mass is 9.83. The summed E-state index contributed by atoms with van der Waals surface area (Å²) in [5.74, 6) is -0.489. The second-order valence-electron chi connectivity index (χ2n) is 4.20. The Labute approximate surface area is 98.8 Å². The number of hydrogen-bond acceptors (Lipinski definition) is 2. The van der Waals surface area contributed by atoms with E-state index in [1.54, 1.807) is 6.07 Å². The normalized spacial score (nSPS) is 17.9. The Morgan fingerprint density at radius 3 is 2.75 bits per heavy atom. The van der Waals surface area contributed by atoms with Gasteiger partial charge in [-0.1, -0.05) is 18.5 Å². The van der Waals surface area contributed by atoms with Crippen LogP contribution in [-0.4, -0.2) is 18.9 Å². The summed E-state index contributed by atoms with van der Waals surface area (Å²) in [5, 5.41) is 3.42. The zero-order chi connectivity index (χ0) is 11.7. The first kappa shape index (κ1) is 11.6. The Bertz CT molecular complexity index is 417. The molecule has 0 amide bonds. The maximum atomic E-state index is 13.5. The van der Waals surface area contributed by atoms with Gasteiger partial charge in [0.2, 0.25) is 0 Å². The van der Waals surface area contributed by atoms with E-state index in [2.05, 4.69) is 5.32 Å². The summed E-state index contributed by atoms with van der Waals surface area (Å²) in [6, 6.07) is 4.19. The molecule has 1 fully saturated rings. The molecule has 1 saturated heterocycles. The van der Waals surface area contributed by atoms with Crippen molar-refractivity contribution < 1.29 is 9.18 Å². The molecule has 1 aliphatic heterocycles. The molecule has 0 aliphatic carbocycles. The van der Waals surface area contributed by atoms with Gasteiger partial charge in [-0.05, 0) is 37.2 Å². The lowest BCUT2D eigenvalue weighted by Gasteiger charge is -2.31. The molecule has 1 aromatic rings. The number of Topliss-reactive ketones (excluding diaryl/α,β-unsaturated/α-hetero) is 1. The fourth-order valence-electron chi connectivity index (χ4n) is 1.81. The van der Waals surface area contributed by atoms with Crippen LogP contribution in [0.25, 0.3) is 0 Å². The highest BCUT2D eigenvalue weighted by atomic mass is 35.5. The molecule has 1 unspecified atom stereocenters. The first-order valence-electron chi connectivity index (χ1n) is 5.29. The van der Waals surface area contributed by atoms with E-state index in [0.717, 1.165) is 13.1 Å². The summed E-state index contributed by atoms with van der Waals surface area (Å²) in [7, 11) is 0. The summed E-state index contributed by atoms with van der Waals surface area (Å²) < 4.78 is 13.5. The molecule has 86 valence electrons. The summed E-state index contributed by atoms with van der Waals surface area (Å²) in [6.07, 6.45) is 0. The van der Waals surface area contributed by atoms with Crippen LogP contribution in [0.5, 0.6) is 0 Å². The van der Waals surface area contributed by atoms with Gasteiger partial charge >= 0.3 is 0 Å². The van der Waals surface area contributed by atoms with Gasteiger partial charge in [-0.2, -0.15) is 0 Å². The second-order valence-corrected chi connectivity index (χ2v) is 4.63. The predicted molar refractivity (Wildman–Crippen MR) is 61.3 cm³/mol. The highest BCUT2D eigenvalue weighted by Gasteiger charge is 2.30. The Kier molecular flexibility index (Phi) is 3.26. The Morgan fingerprint density at radius 2 is 2.25 bits per heavy atom. The zero-order valence-electron chi connectivity index (χ0n) is 8.97. The lowest BCUT2D eigenvalue weighted by Crippen LogP contribution is -2.47. The number of nitrogens with one attached hydrogen (secondary N) is 1. The van der Waals surface area contributed by atoms with Crippen molar-refractivity contribution in [2.75, 3.05) is 13.1 Å². The first-order valence-corrected chi connectivity index (χ1v) is 5.67. The number of ketones is 1. The van der Waals surface area contributed by atoms with Gasteiger partial charge in [-0.25, -0.2) is 4.39 Å². The van der Waals surface area contributed by atoms with Crippen molar-refractivity contribution in [2.45, 2.75) is 6.92 Å². The van der Waals surface area contributed by atoms with Crippen LogP contribution in [0.1, 0.15) is 17.3 Å². The van der Waals surface area contributed by atoms with Crippen LogP contribution in [0.2, 0.25) is 5.02 Å². The van der Waals surface area contributed by atoms with Crippen molar-refractivity contribution in [1.82, 2.24) is 5.32 Å². The molecule has 0 spiro atoms. The van der Waals surface area contributed by atoms with E-state index in [4.69, 9.17) is 11.6 Å². The van der Waals surface area contributed by atoms with Crippen LogP contribution in [0.4, 0.5) is 4.39 Å². The molecule has 2 rings (SSSR count). The van der Waals surface area contributed by atoms with E-state index in [1.807, 2.05) is 6.92 Å². The summed E-state index contributed by atoms with van der Waals surface area (Å²) >= 11 is 5.64. The molecule has 0 bridgehead atoms. The van der Waals surface area contributed by atoms with Gasteiger partial charge in [0.1, 0.15) is 5.82 Å². The Hall–Kier alpha value is -0.930.